The van der Waals surface area contributed by atoms with Crippen LogP contribution in [0.5, 0.6) is 5.75 Å². The van der Waals surface area contributed by atoms with E-state index < -0.39 is 0 Å². The third kappa shape index (κ3) is 3.59. The number of aryl methyl sites for hydroxylation is 1. The molecule has 3 heteroatoms. The number of methoxy groups -OCH3 is 1. The molecule has 0 spiro atoms. The van der Waals surface area contributed by atoms with Crippen molar-refractivity contribution in [3.63, 3.8) is 0 Å². The third-order valence-corrected chi connectivity index (χ3v) is 3.57. The fourth-order valence-electron chi connectivity index (χ4n) is 2.29. The Morgan fingerprint density at radius 1 is 1.10 bits per heavy atom. The molecule has 0 saturated heterocycles. The van der Waals surface area contributed by atoms with Gasteiger partial charge in [-0.15, -0.1) is 0 Å². The van der Waals surface area contributed by atoms with Crippen molar-refractivity contribution in [2.24, 2.45) is 5.84 Å². The molecule has 20 heavy (non-hydrogen) atoms. The summed E-state index contributed by atoms with van der Waals surface area (Å²) in [6, 6.07) is 16.8. The molecule has 106 valence electrons. The highest BCUT2D eigenvalue weighted by Crippen LogP contribution is 2.21. The average Bonchev–Trinajstić information content (AvgIpc) is 2.53. The van der Waals surface area contributed by atoms with Crippen LogP contribution in [0.3, 0.4) is 0 Å². The molecule has 2 rings (SSSR count). The number of hydrogen-bond donors (Lipinski definition) is 2. The predicted octanol–water partition coefficient (Wildman–Crippen LogP) is 3.00. The molecular weight excluding hydrogens is 248 g/mol. The summed E-state index contributed by atoms with van der Waals surface area (Å²) >= 11 is 0. The van der Waals surface area contributed by atoms with Gasteiger partial charge in [-0.3, -0.25) is 11.3 Å². The van der Waals surface area contributed by atoms with Crippen LogP contribution in [0.25, 0.3) is 0 Å². The Morgan fingerprint density at radius 3 is 2.45 bits per heavy atom. The highest BCUT2D eigenvalue weighted by molar-refractivity contribution is 5.31. The Balaban J connectivity index is 2.14. The van der Waals surface area contributed by atoms with Crippen molar-refractivity contribution in [3.05, 3.63) is 65.2 Å². The number of hydrazine groups is 1. The highest BCUT2D eigenvalue weighted by Gasteiger charge is 2.11. The lowest BCUT2D eigenvalue weighted by molar-refractivity contribution is 0.414. The van der Waals surface area contributed by atoms with Crippen LogP contribution in [0.2, 0.25) is 0 Å². The van der Waals surface area contributed by atoms with E-state index in [4.69, 9.17) is 10.6 Å². The summed E-state index contributed by atoms with van der Waals surface area (Å²) in [6.07, 6.45) is 1.88. The quantitative estimate of drug-likeness (QED) is 0.626. The van der Waals surface area contributed by atoms with Crippen molar-refractivity contribution >= 4 is 0 Å². The molecule has 0 aliphatic heterocycles. The van der Waals surface area contributed by atoms with Crippen LogP contribution in [-0.2, 0) is 12.8 Å². The smallest absolute Gasteiger partial charge is 0.119 e. The second-order valence-electron chi connectivity index (χ2n) is 4.87. The number of nitrogens with two attached hydrogens (primary N) is 1. The SMILES string of the molecule is CCc1ccc(C(Cc2cccc(OC)c2)NN)cc1. The Bertz CT molecular complexity index is 537. The molecular formula is C17H22N2O. The van der Waals surface area contributed by atoms with E-state index in [-0.39, 0.29) is 6.04 Å². The molecule has 3 N–H and O–H groups in total. The second-order valence-corrected chi connectivity index (χ2v) is 4.87. The van der Waals surface area contributed by atoms with E-state index in [9.17, 15) is 0 Å². The van der Waals surface area contributed by atoms with E-state index >= 15 is 0 Å². The van der Waals surface area contributed by atoms with Gasteiger partial charge in [-0.25, -0.2) is 0 Å². The lowest BCUT2D eigenvalue weighted by atomic mass is 9.98. The van der Waals surface area contributed by atoms with Crippen LogP contribution < -0.4 is 16.0 Å². The number of nitrogens with one attached hydrogen (secondary N) is 1. The zero-order valence-electron chi connectivity index (χ0n) is 12.1. The third-order valence-electron chi connectivity index (χ3n) is 3.57. The van der Waals surface area contributed by atoms with Gasteiger partial charge in [-0.05, 0) is 41.7 Å². The van der Waals surface area contributed by atoms with Gasteiger partial charge < -0.3 is 4.74 Å². The highest BCUT2D eigenvalue weighted by atomic mass is 16.5. The summed E-state index contributed by atoms with van der Waals surface area (Å²) in [5, 5.41) is 0. The van der Waals surface area contributed by atoms with Crippen LogP contribution in [0.15, 0.2) is 48.5 Å². The molecule has 0 aliphatic rings. The minimum atomic E-state index is 0.105. The summed E-state index contributed by atoms with van der Waals surface area (Å²) in [4.78, 5) is 0. The Morgan fingerprint density at radius 2 is 1.85 bits per heavy atom. The van der Waals surface area contributed by atoms with Gasteiger partial charge >= 0.3 is 0 Å². The van der Waals surface area contributed by atoms with Gasteiger partial charge in [0.25, 0.3) is 0 Å². The number of ether oxygens (including phenoxy) is 1. The molecule has 2 aromatic rings. The lowest BCUT2D eigenvalue weighted by Gasteiger charge is -2.17. The van der Waals surface area contributed by atoms with E-state index in [0.29, 0.717) is 0 Å². The molecule has 0 saturated carbocycles. The Labute approximate surface area is 120 Å². The molecule has 0 radical (unpaired) electrons. The fraction of sp³-hybridized carbons (Fsp3) is 0.294. The molecule has 0 bridgehead atoms. The second kappa shape index (κ2) is 7.08. The van der Waals surface area contributed by atoms with E-state index in [1.165, 1.54) is 16.7 Å². The van der Waals surface area contributed by atoms with Crippen LogP contribution in [0.1, 0.15) is 29.7 Å². The molecule has 0 aromatic heterocycles. The molecule has 1 unspecified atom stereocenters. The van der Waals surface area contributed by atoms with Crippen molar-refractivity contribution in [1.29, 1.82) is 0 Å². The molecule has 0 amide bonds. The number of rotatable bonds is 6. The van der Waals surface area contributed by atoms with E-state index in [1.54, 1.807) is 7.11 Å². The van der Waals surface area contributed by atoms with Crippen molar-refractivity contribution in [3.8, 4) is 5.75 Å². The van der Waals surface area contributed by atoms with Gasteiger partial charge in [0.1, 0.15) is 5.75 Å². The summed E-state index contributed by atoms with van der Waals surface area (Å²) in [7, 11) is 1.68. The summed E-state index contributed by atoms with van der Waals surface area (Å²) in [5.74, 6) is 6.59. The maximum Gasteiger partial charge on any atom is 0.119 e. The van der Waals surface area contributed by atoms with Crippen LogP contribution in [0.4, 0.5) is 0 Å². The summed E-state index contributed by atoms with van der Waals surface area (Å²) in [5.41, 5.74) is 6.64. The van der Waals surface area contributed by atoms with Crippen molar-refractivity contribution in [2.45, 2.75) is 25.8 Å². The van der Waals surface area contributed by atoms with Gasteiger partial charge in [-0.1, -0.05) is 43.3 Å². The fourth-order valence-corrected chi connectivity index (χ4v) is 2.29. The first-order chi connectivity index (χ1) is 9.76. The summed E-state index contributed by atoms with van der Waals surface area (Å²) < 4.78 is 5.25. The van der Waals surface area contributed by atoms with E-state index in [1.807, 2.05) is 18.2 Å². The standard InChI is InChI=1S/C17H22N2O/c1-3-13-7-9-15(10-8-13)17(19-18)12-14-5-4-6-16(11-14)20-2/h4-11,17,19H,3,12,18H2,1-2H3. The average molecular weight is 270 g/mol. The van der Waals surface area contributed by atoms with Crippen molar-refractivity contribution in [1.82, 2.24) is 5.43 Å². The Kier molecular flexibility index (Phi) is 5.16. The molecule has 2 aromatic carbocycles. The van der Waals surface area contributed by atoms with Gasteiger partial charge in [-0.2, -0.15) is 0 Å². The first-order valence-corrected chi connectivity index (χ1v) is 6.94. The first kappa shape index (κ1) is 14.6. The normalized spacial score (nSPS) is 12.2. The van der Waals surface area contributed by atoms with Crippen molar-refractivity contribution < 1.29 is 4.74 Å². The molecule has 0 fully saturated rings. The Hall–Kier alpha value is -1.84. The molecule has 0 aliphatic carbocycles. The van der Waals surface area contributed by atoms with Crippen LogP contribution in [0, 0.1) is 0 Å². The minimum absolute atomic E-state index is 0.105. The maximum atomic E-state index is 5.71. The zero-order valence-corrected chi connectivity index (χ0v) is 12.1. The van der Waals surface area contributed by atoms with Gasteiger partial charge in [0, 0.05) is 6.04 Å². The van der Waals surface area contributed by atoms with Crippen molar-refractivity contribution in [2.75, 3.05) is 7.11 Å². The largest absolute Gasteiger partial charge is 0.497 e. The van der Waals surface area contributed by atoms with Gasteiger partial charge in [0.05, 0.1) is 7.11 Å². The van der Waals surface area contributed by atoms with Gasteiger partial charge in [0.2, 0.25) is 0 Å². The van der Waals surface area contributed by atoms with Gasteiger partial charge in [0.15, 0.2) is 0 Å². The summed E-state index contributed by atoms with van der Waals surface area (Å²) in [6.45, 7) is 2.16. The van der Waals surface area contributed by atoms with Crippen LogP contribution >= 0.6 is 0 Å². The van der Waals surface area contributed by atoms with E-state index in [2.05, 4.69) is 42.7 Å². The number of benzene rings is 2. The maximum absolute atomic E-state index is 5.71. The first-order valence-electron chi connectivity index (χ1n) is 6.94. The minimum Gasteiger partial charge on any atom is -0.497 e. The zero-order chi connectivity index (χ0) is 14.4. The van der Waals surface area contributed by atoms with Crippen LogP contribution in [-0.4, -0.2) is 7.11 Å². The molecule has 3 nitrogen and oxygen atoms in total. The monoisotopic (exact) mass is 270 g/mol. The topological polar surface area (TPSA) is 47.3 Å². The number of hydrogen-bond acceptors (Lipinski definition) is 3. The predicted molar refractivity (Wildman–Crippen MR) is 82.6 cm³/mol. The molecule has 0 heterocycles. The lowest BCUT2D eigenvalue weighted by Crippen LogP contribution is -2.29. The van der Waals surface area contributed by atoms with E-state index in [0.717, 1.165) is 18.6 Å². The molecule has 1 atom stereocenters.